The lowest BCUT2D eigenvalue weighted by Crippen LogP contribution is -2.36. The predicted molar refractivity (Wildman–Crippen MR) is 108 cm³/mol. The van der Waals surface area contributed by atoms with Gasteiger partial charge in [-0.1, -0.05) is 17.7 Å². The molecule has 0 amide bonds. The number of benzene rings is 2. The minimum Gasteiger partial charge on any atom is -0.494 e. The van der Waals surface area contributed by atoms with Crippen LogP contribution in [0, 0.1) is 5.92 Å². The Morgan fingerprint density at radius 2 is 2.11 bits per heavy atom. The molecule has 5 nitrogen and oxygen atoms in total. The molecule has 0 spiro atoms. The molecule has 28 heavy (non-hydrogen) atoms. The highest BCUT2D eigenvalue weighted by Gasteiger charge is 2.40. The Kier molecular flexibility index (Phi) is 5.47. The van der Waals surface area contributed by atoms with Gasteiger partial charge in [-0.2, -0.15) is 0 Å². The molecule has 0 radical (unpaired) electrons. The summed E-state index contributed by atoms with van der Waals surface area (Å²) in [6, 6.07) is 11.5. The maximum atomic E-state index is 11.8. The van der Waals surface area contributed by atoms with Crippen molar-refractivity contribution in [2.24, 2.45) is 5.92 Å². The van der Waals surface area contributed by atoms with Crippen molar-refractivity contribution in [1.29, 1.82) is 0 Å². The molecule has 2 aliphatic heterocycles. The van der Waals surface area contributed by atoms with Crippen LogP contribution >= 0.6 is 11.6 Å². The maximum absolute atomic E-state index is 11.8. The molecule has 2 heterocycles. The molecule has 0 aromatic heterocycles. The van der Waals surface area contributed by atoms with Crippen LogP contribution in [-0.2, 0) is 9.47 Å². The van der Waals surface area contributed by atoms with Crippen LogP contribution in [0.1, 0.15) is 53.4 Å². The number of nitrogens with one attached hydrogen (secondary N) is 1. The van der Waals surface area contributed by atoms with Gasteiger partial charge in [-0.25, -0.2) is 4.79 Å². The van der Waals surface area contributed by atoms with Crippen molar-refractivity contribution in [3.63, 3.8) is 0 Å². The molecule has 0 aliphatic carbocycles. The molecule has 148 valence electrons. The van der Waals surface area contributed by atoms with E-state index in [1.807, 2.05) is 25.1 Å². The number of carbonyl (C=O) groups is 1. The van der Waals surface area contributed by atoms with E-state index in [1.165, 1.54) is 7.11 Å². The third-order valence-electron chi connectivity index (χ3n) is 5.50. The minimum atomic E-state index is -0.391. The van der Waals surface area contributed by atoms with Gasteiger partial charge in [0, 0.05) is 28.8 Å². The molecule has 2 aliphatic rings. The lowest BCUT2D eigenvalue weighted by Gasteiger charge is -2.43. The van der Waals surface area contributed by atoms with Crippen molar-refractivity contribution in [1.82, 2.24) is 0 Å². The second kappa shape index (κ2) is 8.02. The van der Waals surface area contributed by atoms with Gasteiger partial charge in [0.25, 0.3) is 0 Å². The van der Waals surface area contributed by atoms with Crippen molar-refractivity contribution in [2.45, 2.75) is 31.9 Å². The van der Waals surface area contributed by atoms with E-state index in [9.17, 15) is 4.79 Å². The molecule has 2 aromatic carbocycles. The number of esters is 1. The molecule has 1 fully saturated rings. The van der Waals surface area contributed by atoms with Crippen molar-refractivity contribution in [3.05, 3.63) is 58.1 Å². The average Bonchev–Trinajstić information content (AvgIpc) is 2.73. The summed E-state index contributed by atoms with van der Waals surface area (Å²) in [5.41, 5.74) is 3.58. The van der Waals surface area contributed by atoms with Crippen molar-refractivity contribution >= 4 is 23.3 Å². The summed E-state index contributed by atoms with van der Waals surface area (Å²) < 4.78 is 16.7. The Bertz CT molecular complexity index is 885. The summed E-state index contributed by atoms with van der Waals surface area (Å²) in [5, 5.41) is 4.20. The number of methoxy groups -OCH3 is 1. The Labute approximate surface area is 169 Å². The van der Waals surface area contributed by atoms with E-state index in [-0.39, 0.29) is 18.1 Å². The van der Waals surface area contributed by atoms with E-state index >= 15 is 0 Å². The summed E-state index contributed by atoms with van der Waals surface area (Å²) >= 11 is 6.58. The van der Waals surface area contributed by atoms with Gasteiger partial charge < -0.3 is 19.5 Å². The number of ether oxygens (including phenoxy) is 3. The van der Waals surface area contributed by atoms with Crippen molar-refractivity contribution in [3.8, 4) is 5.75 Å². The zero-order valence-electron chi connectivity index (χ0n) is 16.0. The third-order valence-corrected chi connectivity index (χ3v) is 5.83. The zero-order valence-corrected chi connectivity index (χ0v) is 16.8. The van der Waals surface area contributed by atoms with Crippen molar-refractivity contribution in [2.75, 3.05) is 25.6 Å². The van der Waals surface area contributed by atoms with Crippen LogP contribution in [0.2, 0.25) is 5.02 Å². The van der Waals surface area contributed by atoms with E-state index in [0.29, 0.717) is 17.2 Å². The number of halogens is 1. The Morgan fingerprint density at radius 3 is 2.86 bits per heavy atom. The summed E-state index contributed by atoms with van der Waals surface area (Å²) in [4.78, 5) is 11.8. The highest BCUT2D eigenvalue weighted by atomic mass is 35.5. The number of anilines is 1. The maximum Gasteiger partial charge on any atom is 0.337 e. The van der Waals surface area contributed by atoms with E-state index in [0.717, 1.165) is 42.0 Å². The smallest absolute Gasteiger partial charge is 0.337 e. The monoisotopic (exact) mass is 401 g/mol. The Morgan fingerprint density at radius 1 is 1.25 bits per heavy atom. The second-order valence-electron chi connectivity index (χ2n) is 7.13. The molecule has 0 saturated carbocycles. The van der Waals surface area contributed by atoms with E-state index in [2.05, 4.69) is 11.4 Å². The molecule has 4 rings (SSSR count). The Balaban J connectivity index is 1.71. The summed E-state index contributed by atoms with van der Waals surface area (Å²) in [6.45, 7) is 3.36. The average molecular weight is 402 g/mol. The first kappa shape index (κ1) is 19.1. The highest BCUT2D eigenvalue weighted by molar-refractivity contribution is 6.31. The van der Waals surface area contributed by atoms with Crippen LogP contribution in [0.25, 0.3) is 0 Å². The molecule has 2 aromatic rings. The van der Waals surface area contributed by atoms with E-state index in [1.54, 1.807) is 12.1 Å². The van der Waals surface area contributed by atoms with E-state index in [4.69, 9.17) is 25.8 Å². The largest absolute Gasteiger partial charge is 0.494 e. The molecular weight excluding hydrogens is 378 g/mol. The van der Waals surface area contributed by atoms with Gasteiger partial charge in [0.2, 0.25) is 0 Å². The lowest BCUT2D eigenvalue weighted by molar-refractivity contribution is -0.0382. The minimum absolute atomic E-state index is 0.00763. The van der Waals surface area contributed by atoms with Crippen LogP contribution in [0.15, 0.2) is 36.4 Å². The van der Waals surface area contributed by atoms with E-state index < -0.39 is 5.97 Å². The first-order valence-electron chi connectivity index (χ1n) is 9.65. The molecular formula is C22H24ClNO4. The number of fused-ring (bicyclic) bond motifs is 3. The van der Waals surface area contributed by atoms with Crippen LogP contribution in [0.5, 0.6) is 5.75 Å². The van der Waals surface area contributed by atoms with Crippen LogP contribution in [-0.4, -0.2) is 26.3 Å². The molecule has 3 atom stereocenters. The van der Waals surface area contributed by atoms with Gasteiger partial charge in [-0.15, -0.1) is 0 Å². The fourth-order valence-electron chi connectivity index (χ4n) is 4.24. The van der Waals surface area contributed by atoms with Crippen LogP contribution in [0.4, 0.5) is 5.69 Å². The molecule has 0 unspecified atom stereocenters. The predicted octanol–water partition coefficient (Wildman–Crippen LogP) is 5.16. The number of hydrogen-bond donors (Lipinski definition) is 1. The molecule has 1 N–H and O–H groups in total. The number of hydrogen-bond acceptors (Lipinski definition) is 5. The summed E-state index contributed by atoms with van der Waals surface area (Å²) in [5.74, 6) is 0.715. The van der Waals surface area contributed by atoms with Crippen molar-refractivity contribution < 1.29 is 19.0 Å². The van der Waals surface area contributed by atoms with Gasteiger partial charge in [-0.05, 0) is 55.7 Å². The zero-order chi connectivity index (χ0) is 19.7. The van der Waals surface area contributed by atoms with Gasteiger partial charge in [0.15, 0.2) is 0 Å². The van der Waals surface area contributed by atoms with Crippen LogP contribution < -0.4 is 10.1 Å². The third kappa shape index (κ3) is 3.45. The lowest BCUT2D eigenvalue weighted by atomic mass is 9.77. The quantitative estimate of drug-likeness (QED) is 0.717. The summed E-state index contributed by atoms with van der Waals surface area (Å²) in [6.07, 6.45) is 2.04. The number of carbonyl (C=O) groups excluding carboxylic acids is 1. The fraction of sp³-hybridized carbons (Fsp3) is 0.409. The SMILES string of the molecule is CCOc1ccc2c(c1)[C@@H]1OCCC[C@@H]1[C@@H](c1ccc(C(=O)OC)cc1Cl)N2. The van der Waals surface area contributed by atoms with Gasteiger partial charge in [-0.3, -0.25) is 0 Å². The topological polar surface area (TPSA) is 56.8 Å². The molecule has 6 heteroatoms. The molecule has 1 saturated heterocycles. The number of rotatable bonds is 4. The molecule has 0 bridgehead atoms. The first-order chi connectivity index (χ1) is 13.6. The van der Waals surface area contributed by atoms with Gasteiger partial charge >= 0.3 is 5.97 Å². The van der Waals surface area contributed by atoms with Gasteiger partial charge in [0.05, 0.1) is 31.4 Å². The highest BCUT2D eigenvalue weighted by Crippen LogP contribution is 2.50. The van der Waals surface area contributed by atoms with Gasteiger partial charge in [0.1, 0.15) is 5.75 Å². The second-order valence-corrected chi connectivity index (χ2v) is 7.54. The normalized spacial score (nSPS) is 23.2. The fourth-order valence-corrected chi connectivity index (χ4v) is 4.54. The van der Waals surface area contributed by atoms with Crippen LogP contribution in [0.3, 0.4) is 0 Å². The Hall–Kier alpha value is -2.24. The first-order valence-corrected chi connectivity index (χ1v) is 10.0. The standard InChI is InChI=1S/C22H24ClNO4/c1-3-27-14-7-9-19-17(12-14)21-16(5-4-10-28-21)20(24-19)15-8-6-13(11-18(15)23)22(25)26-2/h6-9,11-12,16,20-21,24H,3-5,10H2,1-2H3/t16-,20-,21-/m1/s1. The summed E-state index contributed by atoms with van der Waals surface area (Å²) in [7, 11) is 1.37.